The van der Waals surface area contributed by atoms with Crippen molar-refractivity contribution >= 4 is 11.9 Å². The Morgan fingerprint density at radius 3 is 2.10 bits per heavy atom. The van der Waals surface area contributed by atoms with E-state index in [1.165, 1.54) is 19.3 Å². The predicted octanol–water partition coefficient (Wildman–Crippen LogP) is 8.42. The summed E-state index contributed by atoms with van der Waals surface area (Å²) in [5, 5.41) is 9.72. The second-order valence-electron chi connectivity index (χ2n) is 10.9. The molecule has 1 fully saturated rings. The highest BCUT2D eigenvalue weighted by atomic mass is 19.1. The number of unbranched alkanes of at least 4 members (excludes halogenated alkanes) is 4. The van der Waals surface area contributed by atoms with Crippen LogP contribution < -0.4 is 14.2 Å². The fourth-order valence-electron chi connectivity index (χ4n) is 5.30. The lowest BCUT2D eigenvalue weighted by Gasteiger charge is -2.35. The van der Waals surface area contributed by atoms with Crippen molar-refractivity contribution in [1.82, 2.24) is 0 Å². The third-order valence-electron chi connectivity index (χ3n) is 7.90. The fourth-order valence-corrected chi connectivity index (χ4v) is 5.30. The highest BCUT2D eigenvalue weighted by Gasteiger charge is 2.47. The van der Waals surface area contributed by atoms with Crippen LogP contribution in [-0.2, 0) is 4.79 Å². The Kier molecular flexibility index (Phi) is 12.8. The topological polar surface area (TPSA) is 82.1 Å². The molecule has 1 saturated carbocycles. The van der Waals surface area contributed by atoms with Crippen molar-refractivity contribution in [3.63, 3.8) is 0 Å². The van der Waals surface area contributed by atoms with Gasteiger partial charge in [-0.25, -0.2) is 14.0 Å². The second-order valence-corrected chi connectivity index (χ2v) is 10.9. The number of esters is 1. The summed E-state index contributed by atoms with van der Waals surface area (Å²) in [4.78, 5) is 24.5. The van der Waals surface area contributed by atoms with E-state index in [0.717, 1.165) is 37.9 Å². The summed E-state index contributed by atoms with van der Waals surface area (Å²) in [7, 11) is 0. The number of hydrogen-bond donors (Lipinski definition) is 1. The lowest BCUT2D eigenvalue weighted by molar-refractivity contribution is -0.158. The number of aliphatic carboxylic acids is 1. The normalized spacial score (nSPS) is 16.1. The lowest BCUT2D eigenvalue weighted by Crippen LogP contribution is -2.44. The summed E-state index contributed by atoms with van der Waals surface area (Å²) in [6.07, 6.45) is 10.5. The van der Waals surface area contributed by atoms with Crippen molar-refractivity contribution in [2.75, 3.05) is 13.2 Å². The van der Waals surface area contributed by atoms with Gasteiger partial charge in [-0.15, -0.1) is 0 Å². The molecule has 40 heavy (non-hydrogen) atoms. The second kappa shape index (κ2) is 16.2. The van der Waals surface area contributed by atoms with E-state index in [-0.39, 0.29) is 18.9 Å². The molecule has 0 saturated heterocycles. The van der Waals surface area contributed by atoms with Gasteiger partial charge in [0.15, 0.2) is 0 Å². The zero-order valence-corrected chi connectivity index (χ0v) is 24.0. The van der Waals surface area contributed by atoms with Gasteiger partial charge < -0.3 is 19.3 Å². The molecule has 220 valence electrons. The standard InChI is InChI=1S/C33H45FO6/c1-3-5-6-7-11-22-38-28-16-14-26(15-17-28)31(35)40-30-20-18-29(19-21-30)39-24-25(4-2)23-33(34,32(36)37)27-12-9-8-10-13-27/h14-21,25,27H,3-13,22-24H2,1-2H3,(H,36,37)/t25?,33-/m0/s1. The first-order valence-electron chi connectivity index (χ1n) is 15.0. The molecule has 2 atom stereocenters. The first-order valence-corrected chi connectivity index (χ1v) is 15.0. The van der Waals surface area contributed by atoms with Crippen molar-refractivity contribution < 1.29 is 33.3 Å². The Hall–Kier alpha value is -3.09. The molecule has 0 heterocycles. The van der Waals surface area contributed by atoms with Gasteiger partial charge in [-0.1, -0.05) is 58.8 Å². The van der Waals surface area contributed by atoms with Crippen molar-refractivity contribution in [3.8, 4) is 17.2 Å². The number of carboxylic acids is 1. The third-order valence-corrected chi connectivity index (χ3v) is 7.90. The number of carboxylic acid groups (broad SMARTS) is 1. The van der Waals surface area contributed by atoms with Crippen LogP contribution in [0.1, 0.15) is 101 Å². The van der Waals surface area contributed by atoms with Gasteiger partial charge in [0.1, 0.15) is 17.2 Å². The molecule has 1 aliphatic carbocycles. The molecule has 0 spiro atoms. The number of halogens is 1. The van der Waals surface area contributed by atoms with Gasteiger partial charge in [0.05, 0.1) is 18.8 Å². The van der Waals surface area contributed by atoms with E-state index in [9.17, 15) is 14.7 Å². The molecule has 0 radical (unpaired) electrons. The summed E-state index contributed by atoms with van der Waals surface area (Å²) in [6.45, 7) is 5.00. The van der Waals surface area contributed by atoms with E-state index in [1.54, 1.807) is 48.5 Å². The van der Waals surface area contributed by atoms with Crippen LogP contribution in [0.3, 0.4) is 0 Å². The van der Waals surface area contributed by atoms with Crippen LogP contribution in [0.5, 0.6) is 17.2 Å². The van der Waals surface area contributed by atoms with Gasteiger partial charge in [-0.3, -0.25) is 0 Å². The zero-order chi connectivity index (χ0) is 28.8. The average Bonchev–Trinajstić information content (AvgIpc) is 2.98. The molecule has 3 rings (SSSR count). The highest BCUT2D eigenvalue weighted by Crippen LogP contribution is 2.40. The maximum Gasteiger partial charge on any atom is 0.343 e. The van der Waals surface area contributed by atoms with E-state index in [1.807, 2.05) is 6.92 Å². The van der Waals surface area contributed by atoms with Crippen LogP contribution in [0.25, 0.3) is 0 Å². The van der Waals surface area contributed by atoms with Crippen molar-refractivity contribution in [2.24, 2.45) is 11.8 Å². The molecule has 2 aromatic carbocycles. The predicted molar refractivity (Wildman–Crippen MR) is 154 cm³/mol. The fraction of sp³-hybridized carbons (Fsp3) is 0.576. The van der Waals surface area contributed by atoms with Gasteiger partial charge in [-0.05, 0) is 86.6 Å². The molecule has 1 N–H and O–H groups in total. The molecule has 1 unspecified atom stereocenters. The Balaban J connectivity index is 1.46. The van der Waals surface area contributed by atoms with E-state index in [4.69, 9.17) is 14.2 Å². The van der Waals surface area contributed by atoms with Crippen molar-refractivity contribution in [2.45, 2.75) is 96.6 Å². The first kappa shape index (κ1) is 31.4. The Morgan fingerprint density at radius 1 is 0.875 bits per heavy atom. The molecule has 7 heteroatoms. The summed E-state index contributed by atoms with van der Waals surface area (Å²) >= 11 is 0. The molecular formula is C33H45FO6. The van der Waals surface area contributed by atoms with E-state index in [2.05, 4.69) is 6.92 Å². The molecule has 0 aromatic heterocycles. The SMILES string of the molecule is CCCCCCCOc1ccc(C(=O)Oc2ccc(OCC(CC)C[C@@](F)(C(=O)O)C3CCCCC3)cc2)cc1. The van der Waals surface area contributed by atoms with Gasteiger partial charge in [0.25, 0.3) is 0 Å². The third kappa shape index (κ3) is 9.53. The molecule has 0 amide bonds. The van der Waals surface area contributed by atoms with Crippen LogP contribution >= 0.6 is 0 Å². The van der Waals surface area contributed by atoms with Crippen LogP contribution in [-0.4, -0.2) is 35.9 Å². The van der Waals surface area contributed by atoms with Crippen molar-refractivity contribution in [1.29, 1.82) is 0 Å². The van der Waals surface area contributed by atoms with Gasteiger partial charge in [-0.2, -0.15) is 0 Å². The number of carbonyl (C=O) groups excluding carboxylic acids is 1. The Bertz CT molecular complexity index is 1030. The highest BCUT2D eigenvalue weighted by molar-refractivity contribution is 5.91. The van der Waals surface area contributed by atoms with Gasteiger partial charge in [0.2, 0.25) is 5.67 Å². The van der Waals surface area contributed by atoms with Crippen LogP contribution in [0.4, 0.5) is 4.39 Å². The van der Waals surface area contributed by atoms with Gasteiger partial charge in [0, 0.05) is 5.92 Å². The van der Waals surface area contributed by atoms with Crippen molar-refractivity contribution in [3.05, 3.63) is 54.1 Å². The number of hydrogen-bond acceptors (Lipinski definition) is 5. The minimum absolute atomic E-state index is 0.0536. The summed E-state index contributed by atoms with van der Waals surface area (Å²) in [5.74, 6) is -0.842. The summed E-state index contributed by atoms with van der Waals surface area (Å²) in [5.41, 5.74) is -1.80. The molecule has 2 aromatic rings. The zero-order valence-electron chi connectivity index (χ0n) is 24.0. The van der Waals surface area contributed by atoms with E-state index in [0.29, 0.717) is 42.9 Å². The summed E-state index contributed by atoms with van der Waals surface area (Å²) in [6, 6.07) is 13.6. The lowest BCUT2D eigenvalue weighted by atomic mass is 9.74. The van der Waals surface area contributed by atoms with E-state index >= 15 is 4.39 Å². The number of benzene rings is 2. The van der Waals surface area contributed by atoms with Crippen LogP contribution in [0.2, 0.25) is 0 Å². The quantitative estimate of drug-likeness (QED) is 0.120. The first-order chi connectivity index (χ1) is 19.4. The number of alkyl halides is 1. The average molecular weight is 557 g/mol. The van der Waals surface area contributed by atoms with Gasteiger partial charge >= 0.3 is 11.9 Å². The summed E-state index contributed by atoms with van der Waals surface area (Å²) < 4.78 is 32.8. The number of rotatable bonds is 17. The molecule has 0 aliphatic heterocycles. The van der Waals surface area contributed by atoms with Crippen LogP contribution in [0, 0.1) is 11.8 Å². The minimum atomic E-state index is -2.22. The number of ether oxygens (including phenoxy) is 3. The Labute approximate surface area is 238 Å². The smallest absolute Gasteiger partial charge is 0.343 e. The molecule has 1 aliphatic rings. The Morgan fingerprint density at radius 2 is 1.48 bits per heavy atom. The molecule has 0 bridgehead atoms. The van der Waals surface area contributed by atoms with Crippen LogP contribution in [0.15, 0.2) is 48.5 Å². The molecule has 6 nitrogen and oxygen atoms in total. The minimum Gasteiger partial charge on any atom is -0.494 e. The molecular weight excluding hydrogens is 511 g/mol. The number of carbonyl (C=O) groups is 2. The largest absolute Gasteiger partial charge is 0.494 e. The van der Waals surface area contributed by atoms with E-state index < -0.39 is 23.5 Å². The monoisotopic (exact) mass is 556 g/mol. The maximum atomic E-state index is 15.7. The maximum absolute atomic E-state index is 15.7.